The van der Waals surface area contributed by atoms with Crippen molar-refractivity contribution in [3.63, 3.8) is 0 Å². The fourth-order valence-electron chi connectivity index (χ4n) is 6.15. The van der Waals surface area contributed by atoms with Crippen molar-refractivity contribution in [1.82, 2.24) is 33.6 Å². The van der Waals surface area contributed by atoms with E-state index in [1.807, 2.05) is 17.7 Å². The molecule has 1 saturated heterocycles. The summed E-state index contributed by atoms with van der Waals surface area (Å²) < 4.78 is 46.9. The molecule has 2 fully saturated rings. The maximum absolute atomic E-state index is 14.2. The number of halogens is 3. The number of hydrogen-bond acceptors (Lipinski definition) is 5. The van der Waals surface area contributed by atoms with Gasteiger partial charge in [-0.25, -0.2) is 9.78 Å². The van der Waals surface area contributed by atoms with E-state index in [0.29, 0.717) is 23.9 Å². The van der Waals surface area contributed by atoms with E-state index < -0.39 is 17.4 Å². The molecular weight excluding hydrogens is 507 g/mol. The number of piperidine rings is 1. The number of nitrogens with zero attached hydrogens (tertiary/aromatic N) is 7. The summed E-state index contributed by atoms with van der Waals surface area (Å²) in [5, 5.41) is 8.39. The van der Waals surface area contributed by atoms with Crippen LogP contribution in [0.5, 0.6) is 0 Å². The van der Waals surface area contributed by atoms with E-state index in [4.69, 9.17) is 0 Å². The van der Waals surface area contributed by atoms with E-state index in [1.54, 1.807) is 24.8 Å². The number of aryl methyl sites for hydroxylation is 1. The number of pyridine rings is 2. The van der Waals surface area contributed by atoms with Crippen molar-refractivity contribution in [2.24, 2.45) is 18.9 Å². The molecule has 0 N–H and O–H groups in total. The van der Waals surface area contributed by atoms with Gasteiger partial charge >= 0.3 is 11.9 Å². The van der Waals surface area contributed by atoms with E-state index in [0.717, 1.165) is 61.0 Å². The van der Waals surface area contributed by atoms with Gasteiger partial charge in [0.2, 0.25) is 0 Å². The van der Waals surface area contributed by atoms with Crippen LogP contribution in [0.3, 0.4) is 0 Å². The van der Waals surface area contributed by atoms with Crippen molar-refractivity contribution in [1.29, 1.82) is 0 Å². The van der Waals surface area contributed by atoms with Crippen molar-refractivity contribution < 1.29 is 13.2 Å². The zero-order valence-corrected chi connectivity index (χ0v) is 22.1. The Bertz CT molecular complexity index is 1550. The normalized spacial score (nSPS) is 19.9. The lowest BCUT2D eigenvalue weighted by Gasteiger charge is -2.33. The summed E-state index contributed by atoms with van der Waals surface area (Å²) in [6.45, 7) is 4.20. The van der Waals surface area contributed by atoms with Gasteiger partial charge in [-0.05, 0) is 73.4 Å². The van der Waals surface area contributed by atoms with Crippen LogP contribution in [0.2, 0.25) is 0 Å². The summed E-state index contributed by atoms with van der Waals surface area (Å²) in [4.78, 5) is 20.1. The molecule has 2 aliphatic rings. The molecule has 0 bridgehead atoms. The largest absolute Gasteiger partial charge is 0.418 e. The lowest BCUT2D eigenvalue weighted by atomic mass is 9.72. The van der Waals surface area contributed by atoms with Crippen molar-refractivity contribution in [3.05, 3.63) is 76.1 Å². The Hall–Kier alpha value is -3.47. The first kappa shape index (κ1) is 25.8. The van der Waals surface area contributed by atoms with Gasteiger partial charge in [-0.3, -0.25) is 13.9 Å². The predicted octanol–water partition coefficient (Wildman–Crippen LogP) is 4.80. The lowest BCUT2D eigenvalue weighted by molar-refractivity contribution is -0.136. The highest BCUT2D eigenvalue weighted by atomic mass is 19.4. The van der Waals surface area contributed by atoms with Crippen LogP contribution in [0.1, 0.15) is 67.5 Å². The summed E-state index contributed by atoms with van der Waals surface area (Å²) in [6, 6.07) is 4.87. The molecule has 0 radical (unpaired) electrons. The monoisotopic (exact) mass is 539 g/mol. The van der Waals surface area contributed by atoms with Crippen molar-refractivity contribution in [3.8, 4) is 5.82 Å². The third-order valence-corrected chi connectivity index (χ3v) is 8.30. The van der Waals surface area contributed by atoms with Gasteiger partial charge in [0, 0.05) is 44.6 Å². The third-order valence-electron chi connectivity index (χ3n) is 8.30. The second-order valence-electron chi connectivity index (χ2n) is 11.2. The zero-order valence-electron chi connectivity index (χ0n) is 22.1. The van der Waals surface area contributed by atoms with Crippen LogP contribution in [-0.4, -0.2) is 46.7 Å². The Kier molecular flexibility index (Phi) is 6.57. The minimum atomic E-state index is -4.61. The van der Waals surface area contributed by atoms with Gasteiger partial charge in [0.1, 0.15) is 18.0 Å². The quantitative estimate of drug-likeness (QED) is 0.352. The van der Waals surface area contributed by atoms with Gasteiger partial charge in [0.15, 0.2) is 0 Å². The Labute approximate surface area is 224 Å². The maximum Gasteiger partial charge on any atom is 0.418 e. The molecule has 1 aliphatic heterocycles. The molecule has 11 heteroatoms. The molecule has 4 aromatic rings. The van der Waals surface area contributed by atoms with E-state index in [2.05, 4.69) is 27.0 Å². The van der Waals surface area contributed by atoms with Crippen LogP contribution in [0.15, 0.2) is 47.9 Å². The van der Waals surface area contributed by atoms with Crippen LogP contribution in [-0.2, 0) is 19.8 Å². The first-order valence-electron chi connectivity index (χ1n) is 13.6. The Morgan fingerprint density at radius 2 is 1.95 bits per heavy atom. The number of alkyl halides is 3. The highest BCUT2D eigenvalue weighted by Gasteiger charge is 2.36. The van der Waals surface area contributed by atoms with E-state index >= 15 is 0 Å². The van der Waals surface area contributed by atoms with Crippen LogP contribution >= 0.6 is 0 Å². The molecule has 1 saturated carbocycles. The average Bonchev–Trinajstić information content (AvgIpc) is 3.43. The Morgan fingerprint density at radius 3 is 2.62 bits per heavy atom. The topological polar surface area (TPSA) is 73.2 Å². The third kappa shape index (κ3) is 4.88. The summed E-state index contributed by atoms with van der Waals surface area (Å²) in [5.41, 5.74) is -0.188. The molecule has 0 aromatic carbocycles. The molecule has 206 valence electrons. The Balaban J connectivity index is 1.42. The smallest absolute Gasteiger partial charge is 0.320 e. The number of rotatable bonds is 6. The summed E-state index contributed by atoms with van der Waals surface area (Å²) in [6.07, 6.45) is 6.85. The second kappa shape index (κ2) is 9.93. The standard InChI is InChI=1S/C28H32F3N7O/c1-18-5-4-10-36(13-18)14-19-11-22(28(29,30)31)23-16-38(27(39)37(23)15-19)24-12-21(8-9-32-24)25(20-6-3-7-20)26-34-33-17-35(26)2/h8-9,11-12,15-18,20,25H,3-7,10,13-14H2,1-2H3/t18-,25+/m0/s1. The highest BCUT2D eigenvalue weighted by Crippen LogP contribution is 2.42. The molecule has 0 spiro atoms. The molecule has 0 amide bonds. The van der Waals surface area contributed by atoms with Crippen LogP contribution in [0, 0.1) is 11.8 Å². The molecule has 39 heavy (non-hydrogen) atoms. The number of imidazole rings is 1. The first-order chi connectivity index (χ1) is 18.7. The lowest BCUT2D eigenvalue weighted by Crippen LogP contribution is -2.34. The highest BCUT2D eigenvalue weighted by molar-refractivity contribution is 5.57. The van der Waals surface area contributed by atoms with E-state index in [-0.39, 0.29) is 17.3 Å². The van der Waals surface area contributed by atoms with Gasteiger partial charge in [-0.2, -0.15) is 13.2 Å². The molecule has 0 unspecified atom stereocenters. The molecule has 8 nitrogen and oxygen atoms in total. The van der Waals surface area contributed by atoms with Gasteiger partial charge in [-0.15, -0.1) is 10.2 Å². The summed E-state index contributed by atoms with van der Waals surface area (Å²) in [7, 11) is 1.90. The molecule has 6 rings (SSSR count). The molecule has 4 aromatic heterocycles. The molecule has 2 atom stereocenters. The van der Waals surface area contributed by atoms with Crippen molar-refractivity contribution in [2.75, 3.05) is 13.1 Å². The fourth-order valence-corrected chi connectivity index (χ4v) is 6.15. The first-order valence-corrected chi connectivity index (χ1v) is 13.6. The van der Waals surface area contributed by atoms with E-state index in [1.165, 1.54) is 16.8 Å². The van der Waals surface area contributed by atoms with Crippen molar-refractivity contribution in [2.45, 2.75) is 57.7 Å². The maximum atomic E-state index is 14.2. The minimum absolute atomic E-state index is 0.0370. The second-order valence-corrected chi connectivity index (χ2v) is 11.2. The number of aromatic nitrogens is 6. The van der Waals surface area contributed by atoms with Crippen LogP contribution in [0.4, 0.5) is 13.2 Å². The average molecular weight is 540 g/mol. The molecule has 1 aliphatic carbocycles. The number of hydrogen-bond donors (Lipinski definition) is 0. The summed E-state index contributed by atoms with van der Waals surface area (Å²) in [5.74, 6) is 1.95. The molecule has 5 heterocycles. The van der Waals surface area contributed by atoms with Gasteiger partial charge in [0.05, 0.1) is 11.1 Å². The fraction of sp³-hybridized carbons (Fsp3) is 0.500. The van der Waals surface area contributed by atoms with Crippen LogP contribution in [0.25, 0.3) is 11.3 Å². The predicted molar refractivity (Wildman–Crippen MR) is 140 cm³/mol. The zero-order chi connectivity index (χ0) is 27.3. The minimum Gasteiger partial charge on any atom is -0.320 e. The van der Waals surface area contributed by atoms with Gasteiger partial charge in [-0.1, -0.05) is 13.3 Å². The van der Waals surface area contributed by atoms with Crippen molar-refractivity contribution >= 4 is 5.52 Å². The number of likely N-dealkylation sites (tertiary alicyclic amines) is 1. The van der Waals surface area contributed by atoms with Crippen LogP contribution < -0.4 is 5.69 Å². The van der Waals surface area contributed by atoms with E-state index in [9.17, 15) is 18.0 Å². The number of fused-ring (bicyclic) bond motifs is 1. The Morgan fingerprint density at radius 1 is 1.13 bits per heavy atom. The van der Waals surface area contributed by atoms with Gasteiger partial charge < -0.3 is 4.57 Å². The summed E-state index contributed by atoms with van der Waals surface area (Å²) >= 11 is 0. The SMILES string of the molecule is C[C@H]1CCCN(Cc2cc(C(F)(F)F)c3cn(-c4cc([C@H](c5nncn5C)C5CCC5)ccn4)c(=O)n3c2)C1. The molecular formula is C28H32F3N7O. The van der Waals surface area contributed by atoms with Gasteiger partial charge in [0.25, 0.3) is 0 Å².